The molecule has 1 heterocycles. The van der Waals surface area contributed by atoms with Gasteiger partial charge in [-0.2, -0.15) is 0 Å². The normalized spacial score (nSPS) is 12.2. The molecule has 10 nitrogen and oxygen atoms in total. The summed E-state index contributed by atoms with van der Waals surface area (Å²) in [6, 6.07) is 3.06. The van der Waals surface area contributed by atoms with Crippen molar-refractivity contribution >= 4 is 17.6 Å². The van der Waals surface area contributed by atoms with Gasteiger partial charge in [-0.15, -0.1) is 0 Å². The highest BCUT2D eigenvalue weighted by Crippen LogP contribution is 2.21. The second kappa shape index (κ2) is 18.2. The van der Waals surface area contributed by atoms with Gasteiger partial charge < -0.3 is 36.0 Å². The van der Waals surface area contributed by atoms with Crippen LogP contribution < -0.4 is 9.47 Å². The minimum absolute atomic E-state index is 0.461. The first-order chi connectivity index (χ1) is 16.5. The molecule has 12 heteroatoms. The first-order valence-electron chi connectivity index (χ1n) is 12.4. The summed E-state index contributed by atoms with van der Waals surface area (Å²) in [6.45, 7) is 16.0. The summed E-state index contributed by atoms with van der Waals surface area (Å²) in [5.74, 6) is 0.923. The summed E-state index contributed by atoms with van der Waals surface area (Å²) in [7, 11) is -5.33. The molecule has 0 aliphatic rings. The van der Waals surface area contributed by atoms with Gasteiger partial charge in [0.15, 0.2) is 0 Å². The molecule has 0 unspecified atom stereocenters. The van der Waals surface area contributed by atoms with Crippen LogP contribution >= 0.6 is 0 Å². The third kappa shape index (κ3) is 11.5. The fourth-order valence-electron chi connectivity index (χ4n) is 3.41. The van der Waals surface area contributed by atoms with Crippen LogP contribution in [0, 0.1) is 0 Å². The second-order valence-corrected chi connectivity index (χ2v) is 12.5. The van der Waals surface area contributed by atoms with E-state index in [1.165, 1.54) is 6.33 Å². The number of nitrogens with zero attached hydrogens (tertiary/aromatic N) is 2. The molecule has 0 radical (unpaired) electrons. The molecule has 0 saturated heterocycles. The largest absolute Gasteiger partial charge is 0.501 e. The Balaban J connectivity index is 2.51. The van der Waals surface area contributed by atoms with Gasteiger partial charge in [0.05, 0.1) is 19.3 Å². The van der Waals surface area contributed by atoms with Gasteiger partial charge in [0.2, 0.25) is 11.8 Å². The Hall–Kier alpha value is -1.13. The molecule has 198 valence electrons. The topological polar surface area (TPSA) is 99.6 Å². The Morgan fingerprint density at radius 2 is 0.882 bits per heavy atom. The van der Waals surface area contributed by atoms with Gasteiger partial charge in [-0.25, -0.2) is 9.97 Å². The van der Waals surface area contributed by atoms with E-state index in [-0.39, 0.29) is 0 Å². The molecule has 0 bridgehead atoms. The van der Waals surface area contributed by atoms with Crippen LogP contribution in [0.4, 0.5) is 0 Å². The quantitative estimate of drug-likeness (QED) is 0.164. The fourth-order valence-corrected chi connectivity index (χ4v) is 8.57. The molecule has 0 aliphatic carbocycles. The monoisotopic (exact) mass is 520 g/mol. The number of hydrogen-bond acceptors (Lipinski definition) is 10. The molecule has 0 spiro atoms. The standard InChI is InChI=1S/C22H44N2O8Si2/c1-7-27-33(28-8-2,29-9-3)17-13-15-25-21-19-22(24-20-23-21)26-16-14-18-34(30-10-4,31-11-5)32-12-6/h19-20H,7-18H2,1-6H3. The van der Waals surface area contributed by atoms with E-state index >= 15 is 0 Å². The maximum atomic E-state index is 5.88. The number of hydrogen-bond donors (Lipinski definition) is 0. The van der Waals surface area contributed by atoms with E-state index in [2.05, 4.69) is 9.97 Å². The fraction of sp³-hybridized carbons (Fsp3) is 0.818. The lowest BCUT2D eigenvalue weighted by atomic mass is 10.5. The molecule has 0 atom stereocenters. The van der Waals surface area contributed by atoms with Crippen molar-refractivity contribution in [1.82, 2.24) is 9.97 Å². The molecule has 0 fully saturated rings. The van der Waals surface area contributed by atoms with Crippen LogP contribution in [0.25, 0.3) is 0 Å². The molecule has 0 saturated carbocycles. The SMILES string of the molecule is CCO[Si](CCCOc1cc(OCCC[Si](OCC)(OCC)OCC)ncn1)(OCC)OCC. The summed E-state index contributed by atoms with van der Waals surface area (Å²) in [5.41, 5.74) is 0. The van der Waals surface area contributed by atoms with Crippen molar-refractivity contribution in [3.05, 3.63) is 12.4 Å². The zero-order valence-electron chi connectivity index (χ0n) is 21.8. The average Bonchev–Trinajstić information content (AvgIpc) is 2.81. The molecule has 0 N–H and O–H groups in total. The molecule has 1 rings (SSSR count). The van der Waals surface area contributed by atoms with Crippen molar-refractivity contribution in [3.8, 4) is 11.8 Å². The van der Waals surface area contributed by atoms with Crippen LogP contribution in [0.3, 0.4) is 0 Å². The van der Waals surface area contributed by atoms with Gasteiger partial charge >= 0.3 is 17.6 Å². The Kier molecular flexibility index (Phi) is 16.5. The van der Waals surface area contributed by atoms with Crippen LogP contribution in [0.5, 0.6) is 11.8 Å². The maximum absolute atomic E-state index is 5.88. The minimum atomic E-state index is -2.67. The highest BCUT2D eigenvalue weighted by Gasteiger charge is 2.40. The van der Waals surface area contributed by atoms with E-state index in [9.17, 15) is 0 Å². The van der Waals surface area contributed by atoms with E-state index < -0.39 is 17.6 Å². The van der Waals surface area contributed by atoms with Crippen LogP contribution in [-0.4, -0.2) is 80.4 Å². The molecule has 0 aromatic carbocycles. The zero-order chi connectivity index (χ0) is 25.1. The molecule has 34 heavy (non-hydrogen) atoms. The van der Waals surface area contributed by atoms with Crippen LogP contribution in [0.1, 0.15) is 54.4 Å². The summed E-state index contributed by atoms with van der Waals surface area (Å²) in [5, 5.41) is 0. The molecule has 1 aromatic rings. The molecular formula is C22H44N2O8Si2. The van der Waals surface area contributed by atoms with Gasteiger partial charge in [-0.05, 0) is 54.4 Å². The lowest BCUT2D eigenvalue weighted by molar-refractivity contribution is 0.0689. The van der Waals surface area contributed by atoms with Crippen LogP contribution in [0.15, 0.2) is 12.4 Å². The Bertz CT molecular complexity index is 561. The van der Waals surface area contributed by atoms with Gasteiger partial charge in [0, 0.05) is 51.7 Å². The van der Waals surface area contributed by atoms with E-state index in [1.807, 2.05) is 41.5 Å². The van der Waals surface area contributed by atoms with E-state index in [1.54, 1.807) is 6.07 Å². The van der Waals surface area contributed by atoms with Crippen molar-refractivity contribution < 1.29 is 36.0 Å². The molecular weight excluding hydrogens is 476 g/mol. The summed E-state index contributed by atoms with van der Waals surface area (Å²) in [6.07, 6.45) is 2.89. The minimum Gasteiger partial charge on any atom is -0.477 e. The van der Waals surface area contributed by atoms with Crippen LogP contribution in [0.2, 0.25) is 12.1 Å². The second-order valence-electron chi connectivity index (χ2n) is 7.06. The number of ether oxygens (including phenoxy) is 2. The van der Waals surface area contributed by atoms with Crippen molar-refractivity contribution in [2.45, 2.75) is 66.5 Å². The van der Waals surface area contributed by atoms with Gasteiger partial charge in [-0.3, -0.25) is 0 Å². The number of aromatic nitrogens is 2. The van der Waals surface area contributed by atoms with Gasteiger partial charge in [-0.1, -0.05) is 0 Å². The van der Waals surface area contributed by atoms with Crippen molar-refractivity contribution in [3.63, 3.8) is 0 Å². The van der Waals surface area contributed by atoms with Crippen molar-refractivity contribution in [2.75, 3.05) is 52.9 Å². The highest BCUT2D eigenvalue weighted by atomic mass is 28.4. The van der Waals surface area contributed by atoms with Crippen molar-refractivity contribution in [2.24, 2.45) is 0 Å². The van der Waals surface area contributed by atoms with E-state index in [4.69, 9.17) is 36.0 Å². The summed E-state index contributed by atoms with van der Waals surface area (Å²) < 4.78 is 46.9. The van der Waals surface area contributed by atoms with Gasteiger partial charge in [0.1, 0.15) is 6.33 Å². The first kappa shape index (κ1) is 30.9. The summed E-state index contributed by atoms with van der Waals surface area (Å²) >= 11 is 0. The Morgan fingerprint density at radius 3 is 1.18 bits per heavy atom. The third-order valence-electron chi connectivity index (χ3n) is 4.56. The molecule has 0 amide bonds. The third-order valence-corrected chi connectivity index (χ3v) is 10.9. The number of rotatable bonds is 22. The predicted octanol–water partition coefficient (Wildman–Crippen LogP) is 4.11. The smallest absolute Gasteiger partial charge is 0.477 e. The lowest BCUT2D eigenvalue weighted by Gasteiger charge is -2.28. The predicted molar refractivity (Wildman–Crippen MR) is 133 cm³/mol. The highest BCUT2D eigenvalue weighted by molar-refractivity contribution is 6.61. The molecule has 1 aromatic heterocycles. The summed E-state index contributed by atoms with van der Waals surface area (Å²) in [4.78, 5) is 8.35. The van der Waals surface area contributed by atoms with Crippen molar-refractivity contribution in [1.29, 1.82) is 0 Å². The first-order valence-corrected chi connectivity index (χ1v) is 16.3. The average molecular weight is 521 g/mol. The van der Waals surface area contributed by atoms with E-state index in [0.717, 1.165) is 12.8 Å². The zero-order valence-corrected chi connectivity index (χ0v) is 23.8. The lowest BCUT2D eigenvalue weighted by Crippen LogP contribution is -2.46. The Morgan fingerprint density at radius 1 is 0.559 bits per heavy atom. The maximum Gasteiger partial charge on any atom is 0.501 e. The Labute approximate surface area is 207 Å². The molecule has 0 aliphatic heterocycles. The van der Waals surface area contributed by atoms with E-state index in [0.29, 0.717) is 76.7 Å². The van der Waals surface area contributed by atoms with Gasteiger partial charge in [0.25, 0.3) is 0 Å². The van der Waals surface area contributed by atoms with Crippen LogP contribution in [-0.2, 0) is 26.6 Å².